The number of nitrogens with one attached hydrogen (secondary N) is 1. The predicted molar refractivity (Wildman–Crippen MR) is 97.1 cm³/mol. The van der Waals surface area contributed by atoms with Gasteiger partial charge in [-0.3, -0.25) is 9.71 Å². The summed E-state index contributed by atoms with van der Waals surface area (Å²) in [6.45, 7) is 7.50. The van der Waals surface area contributed by atoms with Gasteiger partial charge in [-0.2, -0.15) is 0 Å². The van der Waals surface area contributed by atoms with Crippen molar-refractivity contribution < 1.29 is 26.5 Å². The van der Waals surface area contributed by atoms with Gasteiger partial charge >= 0.3 is 7.12 Å². The van der Waals surface area contributed by atoms with Crippen LogP contribution in [0.2, 0.25) is 0 Å². The Labute approximate surface area is 157 Å². The van der Waals surface area contributed by atoms with Crippen LogP contribution in [0.1, 0.15) is 27.7 Å². The van der Waals surface area contributed by atoms with Crippen LogP contribution in [0.25, 0.3) is 0 Å². The quantitative estimate of drug-likeness (QED) is 0.804. The fourth-order valence-corrected chi connectivity index (χ4v) is 3.53. The van der Waals surface area contributed by atoms with E-state index in [9.17, 15) is 17.2 Å². The maximum Gasteiger partial charge on any atom is 0.496 e. The van der Waals surface area contributed by atoms with E-state index in [1.807, 2.05) is 27.7 Å². The summed E-state index contributed by atoms with van der Waals surface area (Å²) in [7, 11) is -4.94. The number of benzene rings is 1. The van der Waals surface area contributed by atoms with Gasteiger partial charge in [0.25, 0.3) is 10.0 Å². The molecule has 10 heteroatoms. The number of anilines is 1. The highest BCUT2D eigenvalue weighted by atomic mass is 32.2. The minimum Gasteiger partial charge on any atom is -0.399 e. The molecule has 1 fully saturated rings. The largest absolute Gasteiger partial charge is 0.496 e. The van der Waals surface area contributed by atoms with E-state index >= 15 is 0 Å². The van der Waals surface area contributed by atoms with Crippen molar-refractivity contribution in [3.8, 4) is 0 Å². The van der Waals surface area contributed by atoms with Crippen molar-refractivity contribution in [2.24, 2.45) is 0 Å². The molecular weight excluding hydrogens is 377 g/mol. The van der Waals surface area contributed by atoms with Gasteiger partial charge in [-0.25, -0.2) is 17.2 Å². The zero-order valence-electron chi connectivity index (χ0n) is 15.3. The summed E-state index contributed by atoms with van der Waals surface area (Å²) < 4.78 is 65.8. The molecule has 0 aliphatic carbocycles. The third kappa shape index (κ3) is 3.83. The molecule has 0 amide bonds. The summed E-state index contributed by atoms with van der Waals surface area (Å²) in [6, 6.07) is 3.91. The van der Waals surface area contributed by atoms with E-state index in [-0.39, 0.29) is 10.6 Å². The van der Waals surface area contributed by atoms with Gasteiger partial charge in [0, 0.05) is 23.9 Å². The van der Waals surface area contributed by atoms with Gasteiger partial charge in [-0.1, -0.05) is 0 Å². The van der Waals surface area contributed by atoms with Gasteiger partial charge in [-0.15, -0.1) is 0 Å². The summed E-state index contributed by atoms with van der Waals surface area (Å²) in [6.07, 6.45) is 2.57. The highest BCUT2D eigenvalue weighted by Crippen LogP contribution is 2.36. The Morgan fingerprint density at radius 2 is 1.67 bits per heavy atom. The van der Waals surface area contributed by atoms with Crippen molar-refractivity contribution >= 4 is 28.3 Å². The second-order valence-corrected chi connectivity index (χ2v) is 8.95. The third-order valence-electron chi connectivity index (χ3n) is 4.75. The first-order valence-corrected chi connectivity index (χ1v) is 9.68. The Kier molecular flexibility index (Phi) is 4.78. The van der Waals surface area contributed by atoms with Crippen LogP contribution in [0, 0.1) is 11.6 Å². The maximum atomic E-state index is 13.8. The monoisotopic (exact) mass is 396 g/mol. The molecule has 2 heterocycles. The average molecular weight is 396 g/mol. The first-order valence-electron chi connectivity index (χ1n) is 8.20. The molecule has 0 saturated carbocycles. The van der Waals surface area contributed by atoms with Gasteiger partial charge in [-0.05, 0) is 45.9 Å². The molecule has 0 bridgehead atoms. The summed E-state index contributed by atoms with van der Waals surface area (Å²) >= 11 is 0. The molecule has 3 rings (SSSR count). The van der Waals surface area contributed by atoms with Crippen molar-refractivity contribution in [2.75, 3.05) is 4.72 Å². The molecule has 1 saturated heterocycles. The summed E-state index contributed by atoms with van der Waals surface area (Å²) in [4.78, 5) is 3.74. The normalized spacial score (nSPS) is 18.5. The van der Waals surface area contributed by atoms with E-state index < -0.39 is 40.0 Å². The van der Waals surface area contributed by atoms with Crippen molar-refractivity contribution in [1.82, 2.24) is 4.98 Å². The number of nitrogens with zero attached hydrogens (tertiary/aromatic N) is 1. The van der Waals surface area contributed by atoms with Crippen LogP contribution in [0.3, 0.4) is 0 Å². The van der Waals surface area contributed by atoms with E-state index in [2.05, 4.69) is 9.71 Å². The minimum atomic E-state index is -4.14. The lowest BCUT2D eigenvalue weighted by atomic mass is 9.80. The first-order chi connectivity index (χ1) is 12.4. The number of halogens is 2. The summed E-state index contributed by atoms with van der Waals surface area (Å²) in [5.41, 5.74) is -1.14. The van der Waals surface area contributed by atoms with Gasteiger partial charge in [0.1, 0.15) is 16.5 Å². The van der Waals surface area contributed by atoms with Crippen LogP contribution in [0.4, 0.5) is 14.5 Å². The molecule has 27 heavy (non-hydrogen) atoms. The Balaban J connectivity index is 1.89. The van der Waals surface area contributed by atoms with Gasteiger partial charge in [0.05, 0.1) is 16.9 Å². The van der Waals surface area contributed by atoms with Crippen molar-refractivity contribution in [3.05, 3.63) is 48.3 Å². The van der Waals surface area contributed by atoms with E-state index in [1.54, 1.807) is 0 Å². The smallest absolute Gasteiger partial charge is 0.399 e. The van der Waals surface area contributed by atoms with Crippen LogP contribution in [-0.2, 0) is 19.3 Å². The lowest BCUT2D eigenvalue weighted by molar-refractivity contribution is 0.00578. The Morgan fingerprint density at radius 3 is 2.26 bits per heavy atom. The van der Waals surface area contributed by atoms with Crippen LogP contribution in [0.5, 0.6) is 0 Å². The summed E-state index contributed by atoms with van der Waals surface area (Å²) in [5, 5.41) is 0. The van der Waals surface area contributed by atoms with Gasteiger partial charge < -0.3 is 9.31 Å². The van der Waals surface area contributed by atoms with Crippen LogP contribution < -0.4 is 10.2 Å². The number of rotatable bonds is 4. The first kappa shape index (κ1) is 19.7. The standard InChI is InChI=1S/C17H19BF2N2O4S/c1-16(2)17(3,4)26-18(25-16)11-7-13(10-21-9-11)27(23,24)22-15-6-5-12(19)8-14(15)20/h5-10,22H,1-4H3. The molecule has 0 spiro atoms. The van der Waals surface area contributed by atoms with Gasteiger partial charge in [0.2, 0.25) is 0 Å². The lowest BCUT2D eigenvalue weighted by Crippen LogP contribution is -2.41. The molecule has 1 aromatic carbocycles. The Morgan fingerprint density at radius 1 is 1.04 bits per heavy atom. The molecular formula is C17H19BF2N2O4S. The molecule has 1 N–H and O–H groups in total. The average Bonchev–Trinajstić information content (AvgIpc) is 2.78. The Hall–Kier alpha value is -2.04. The topological polar surface area (TPSA) is 77.5 Å². The lowest BCUT2D eigenvalue weighted by Gasteiger charge is -2.32. The van der Waals surface area contributed by atoms with Crippen LogP contribution in [0.15, 0.2) is 41.6 Å². The SMILES string of the molecule is CC1(C)OB(c2cncc(S(=O)(=O)Nc3ccc(F)cc3F)c2)OC1(C)C. The third-order valence-corrected chi connectivity index (χ3v) is 6.08. The predicted octanol–water partition coefficient (Wildman–Crippen LogP) is 2.46. The van der Waals surface area contributed by atoms with Gasteiger partial charge in [0.15, 0.2) is 0 Å². The molecule has 0 atom stereocenters. The number of hydrogen-bond donors (Lipinski definition) is 1. The fourth-order valence-electron chi connectivity index (χ4n) is 2.47. The van der Waals surface area contributed by atoms with E-state index in [0.29, 0.717) is 11.5 Å². The molecule has 1 aromatic heterocycles. The number of hydrogen-bond acceptors (Lipinski definition) is 5. The number of pyridine rings is 1. The highest BCUT2D eigenvalue weighted by molar-refractivity contribution is 7.92. The summed E-state index contributed by atoms with van der Waals surface area (Å²) in [5.74, 6) is -1.83. The second kappa shape index (κ2) is 6.54. The van der Waals surface area contributed by atoms with Crippen LogP contribution >= 0.6 is 0 Å². The molecule has 6 nitrogen and oxygen atoms in total. The molecule has 1 aliphatic heterocycles. The van der Waals surface area contributed by atoms with Crippen molar-refractivity contribution in [1.29, 1.82) is 0 Å². The van der Waals surface area contributed by atoms with E-state index in [0.717, 1.165) is 18.3 Å². The molecule has 2 aromatic rings. The minimum absolute atomic E-state index is 0.196. The van der Waals surface area contributed by atoms with E-state index in [1.165, 1.54) is 12.3 Å². The highest BCUT2D eigenvalue weighted by Gasteiger charge is 2.52. The zero-order valence-corrected chi connectivity index (χ0v) is 16.1. The van der Waals surface area contributed by atoms with Crippen molar-refractivity contribution in [3.63, 3.8) is 0 Å². The number of aromatic nitrogens is 1. The molecule has 1 aliphatic rings. The second-order valence-electron chi connectivity index (χ2n) is 7.27. The van der Waals surface area contributed by atoms with E-state index in [4.69, 9.17) is 9.31 Å². The zero-order chi connectivity index (χ0) is 20.0. The number of sulfonamides is 1. The fraction of sp³-hybridized carbons (Fsp3) is 0.353. The maximum absolute atomic E-state index is 13.8. The van der Waals surface area contributed by atoms with Crippen molar-refractivity contribution in [2.45, 2.75) is 43.8 Å². The molecule has 0 unspecified atom stereocenters. The molecule has 144 valence electrons. The Bertz CT molecular complexity index is 967. The van der Waals surface area contributed by atoms with Crippen LogP contribution in [-0.4, -0.2) is 31.7 Å². The molecule has 0 radical (unpaired) electrons.